The van der Waals surface area contributed by atoms with Gasteiger partial charge in [-0.1, -0.05) is 0 Å². The van der Waals surface area contributed by atoms with Crippen molar-refractivity contribution >= 4 is 0 Å². The second-order valence-corrected chi connectivity index (χ2v) is 6.74. The van der Waals surface area contributed by atoms with Gasteiger partial charge in [-0.2, -0.15) is 0 Å². The molecule has 1 N–H and O–H groups in total. The minimum absolute atomic E-state index is 0.235. The molecule has 1 aromatic heterocycles. The molecular formula is C15H28N4. The predicted molar refractivity (Wildman–Crippen MR) is 79.1 cm³/mol. The maximum atomic E-state index is 4.09. The quantitative estimate of drug-likeness (QED) is 0.883. The summed E-state index contributed by atoms with van der Waals surface area (Å²) in [4.78, 5) is 6.69. The molecule has 0 radical (unpaired) electrons. The van der Waals surface area contributed by atoms with Gasteiger partial charge in [0.15, 0.2) is 0 Å². The van der Waals surface area contributed by atoms with E-state index in [-0.39, 0.29) is 5.54 Å². The normalized spacial score (nSPS) is 21.7. The monoisotopic (exact) mass is 264 g/mol. The average Bonchev–Trinajstić information content (AvgIpc) is 2.87. The molecule has 2 heterocycles. The molecule has 19 heavy (non-hydrogen) atoms. The zero-order valence-electron chi connectivity index (χ0n) is 12.6. The van der Waals surface area contributed by atoms with Gasteiger partial charge in [0, 0.05) is 37.6 Å². The Morgan fingerprint density at radius 3 is 2.84 bits per heavy atom. The predicted octanol–water partition coefficient (Wildman–Crippen LogP) is 1.98. The van der Waals surface area contributed by atoms with E-state index in [1.54, 1.807) is 0 Å². The number of hydrogen-bond acceptors (Lipinski definition) is 3. The molecule has 1 aliphatic rings. The van der Waals surface area contributed by atoms with E-state index < -0.39 is 0 Å². The summed E-state index contributed by atoms with van der Waals surface area (Å²) in [6.45, 7) is 12.6. The molecular weight excluding hydrogens is 236 g/mol. The molecule has 1 saturated heterocycles. The van der Waals surface area contributed by atoms with E-state index in [1.165, 1.54) is 25.9 Å². The summed E-state index contributed by atoms with van der Waals surface area (Å²) in [6.07, 6.45) is 8.50. The van der Waals surface area contributed by atoms with Crippen LogP contribution >= 0.6 is 0 Å². The van der Waals surface area contributed by atoms with Crippen LogP contribution in [0.3, 0.4) is 0 Å². The first-order valence-electron chi connectivity index (χ1n) is 7.46. The molecule has 0 aromatic carbocycles. The highest BCUT2D eigenvalue weighted by atomic mass is 15.2. The van der Waals surface area contributed by atoms with Crippen molar-refractivity contribution in [2.75, 3.05) is 26.2 Å². The zero-order chi connectivity index (χ0) is 13.7. The molecule has 2 rings (SSSR count). The standard InChI is InChI=1S/C15H28N4/c1-15(2,3)17-11-14-5-4-7-18(12-14)9-10-19-8-6-16-13-19/h6,8,13-14,17H,4-5,7,9-12H2,1-3H3. The summed E-state index contributed by atoms with van der Waals surface area (Å²) < 4.78 is 2.16. The molecule has 0 aliphatic carbocycles. The number of piperidine rings is 1. The Morgan fingerprint density at radius 1 is 1.32 bits per heavy atom. The van der Waals surface area contributed by atoms with Crippen LogP contribution in [0, 0.1) is 5.92 Å². The minimum atomic E-state index is 0.235. The molecule has 4 heteroatoms. The van der Waals surface area contributed by atoms with Crippen LogP contribution in [0.2, 0.25) is 0 Å². The Labute approximate surface area is 117 Å². The summed E-state index contributed by atoms with van der Waals surface area (Å²) in [6, 6.07) is 0. The summed E-state index contributed by atoms with van der Waals surface area (Å²) in [7, 11) is 0. The molecule has 0 amide bonds. The summed E-state index contributed by atoms with van der Waals surface area (Å²) in [5.41, 5.74) is 0.235. The largest absolute Gasteiger partial charge is 0.336 e. The fourth-order valence-corrected chi connectivity index (χ4v) is 2.65. The summed E-state index contributed by atoms with van der Waals surface area (Å²) >= 11 is 0. The van der Waals surface area contributed by atoms with Gasteiger partial charge in [-0.25, -0.2) is 4.98 Å². The van der Waals surface area contributed by atoms with E-state index in [2.05, 4.69) is 40.5 Å². The van der Waals surface area contributed by atoms with Crippen LogP contribution < -0.4 is 5.32 Å². The van der Waals surface area contributed by atoms with Crippen LogP contribution in [-0.2, 0) is 6.54 Å². The van der Waals surface area contributed by atoms with Crippen molar-refractivity contribution in [1.82, 2.24) is 19.8 Å². The first-order chi connectivity index (χ1) is 9.03. The highest BCUT2D eigenvalue weighted by Gasteiger charge is 2.21. The van der Waals surface area contributed by atoms with Crippen molar-refractivity contribution in [3.05, 3.63) is 18.7 Å². The first kappa shape index (κ1) is 14.5. The highest BCUT2D eigenvalue weighted by molar-refractivity contribution is 4.80. The molecule has 1 aliphatic heterocycles. The number of likely N-dealkylation sites (tertiary alicyclic amines) is 1. The molecule has 0 bridgehead atoms. The van der Waals surface area contributed by atoms with E-state index in [1.807, 2.05) is 18.7 Å². The van der Waals surface area contributed by atoms with Gasteiger partial charge in [-0.05, 0) is 52.6 Å². The second kappa shape index (κ2) is 6.53. The van der Waals surface area contributed by atoms with Crippen molar-refractivity contribution in [3.8, 4) is 0 Å². The van der Waals surface area contributed by atoms with E-state index in [4.69, 9.17) is 0 Å². The summed E-state index contributed by atoms with van der Waals surface area (Å²) in [5.74, 6) is 0.802. The van der Waals surface area contributed by atoms with Gasteiger partial charge in [0.2, 0.25) is 0 Å². The van der Waals surface area contributed by atoms with Gasteiger partial charge in [0.1, 0.15) is 0 Å². The fraction of sp³-hybridized carbons (Fsp3) is 0.800. The van der Waals surface area contributed by atoms with Crippen molar-refractivity contribution < 1.29 is 0 Å². The first-order valence-corrected chi connectivity index (χ1v) is 7.46. The van der Waals surface area contributed by atoms with Crippen LogP contribution in [0.15, 0.2) is 18.7 Å². The second-order valence-electron chi connectivity index (χ2n) is 6.74. The number of nitrogens with zero attached hydrogens (tertiary/aromatic N) is 3. The molecule has 4 nitrogen and oxygen atoms in total. The molecule has 0 saturated carbocycles. The molecule has 108 valence electrons. The third-order valence-corrected chi connectivity index (χ3v) is 3.76. The van der Waals surface area contributed by atoms with Gasteiger partial charge in [-0.3, -0.25) is 0 Å². The van der Waals surface area contributed by atoms with Gasteiger partial charge >= 0.3 is 0 Å². The van der Waals surface area contributed by atoms with Crippen LogP contribution in [-0.4, -0.2) is 46.2 Å². The zero-order valence-corrected chi connectivity index (χ0v) is 12.6. The summed E-state index contributed by atoms with van der Waals surface area (Å²) in [5, 5.41) is 3.64. The van der Waals surface area contributed by atoms with Crippen molar-refractivity contribution in [2.24, 2.45) is 5.92 Å². The molecule has 1 atom stereocenters. The van der Waals surface area contributed by atoms with Gasteiger partial charge < -0.3 is 14.8 Å². The number of nitrogens with one attached hydrogen (secondary N) is 1. The number of imidazole rings is 1. The average molecular weight is 264 g/mol. The lowest BCUT2D eigenvalue weighted by Crippen LogP contribution is -2.45. The van der Waals surface area contributed by atoms with Crippen LogP contribution in [0.1, 0.15) is 33.6 Å². The minimum Gasteiger partial charge on any atom is -0.336 e. The lowest BCUT2D eigenvalue weighted by Gasteiger charge is -2.34. The lowest BCUT2D eigenvalue weighted by atomic mass is 9.96. The molecule has 0 spiro atoms. The SMILES string of the molecule is CC(C)(C)NCC1CCCN(CCn2ccnc2)C1. The van der Waals surface area contributed by atoms with Gasteiger partial charge in [0.25, 0.3) is 0 Å². The maximum Gasteiger partial charge on any atom is 0.0946 e. The van der Waals surface area contributed by atoms with E-state index in [0.29, 0.717) is 0 Å². The van der Waals surface area contributed by atoms with E-state index in [9.17, 15) is 0 Å². The van der Waals surface area contributed by atoms with Gasteiger partial charge in [-0.15, -0.1) is 0 Å². The molecule has 1 fully saturated rings. The molecule has 1 unspecified atom stereocenters. The Morgan fingerprint density at radius 2 is 2.16 bits per heavy atom. The Kier molecular flexibility index (Phi) is 4.99. The third kappa shape index (κ3) is 5.33. The van der Waals surface area contributed by atoms with E-state index in [0.717, 1.165) is 25.6 Å². The Bertz CT molecular complexity index is 353. The van der Waals surface area contributed by atoms with E-state index >= 15 is 0 Å². The highest BCUT2D eigenvalue weighted by Crippen LogP contribution is 2.16. The van der Waals surface area contributed by atoms with Gasteiger partial charge in [0.05, 0.1) is 6.33 Å². The smallest absolute Gasteiger partial charge is 0.0946 e. The number of rotatable bonds is 5. The number of aromatic nitrogens is 2. The van der Waals surface area contributed by atoms with Crippen LogP contribution in [0.4, 0.5) is 0 Å². The van der Waals surface area contributed by atoms with Crippen molar-refractivity contribution in [1.29, 1.82) is 0 Å². The number of hydrogen-bond donors (Lipinski definition) is 1. The fourth-order valence-electron chi connectivity index (χ4n) is 2.65. The topological polar surface area (TPSA) is 33.1 Å². The van der Waals surface area contributed by atoms with Crippen molar-refractivity contribution in [2.45, 2.75) is 45.7 Å². The van der Waals surface area contributed by atoms with Crippen molar-refractivity contribution in [3.63, 3.8) is 0 Å². The van der Waals surface area contributed by atoms with Crippen LogP contribution in [0.25, 0.3) is 0 Å². The third-order valence-electron chi connectivity index (χ3n) is 3.76. The Balaban J connectivity index is 1.71. The lowest BCUT2D eigenvalue weighted by molar-refractivity contribution is 0.161. The molecule has 1 aromatic rings. The van der Waals surface area contributed by atoms with Crippen LogP contribution in [0.5, 0.6) is 0 Å². The maximum absolute atomic E-state index is 4.09. The Hall–Kier alpha value is -0.870.